The Bertz CT molecular complexity index is 544. The summed E-state index contributed by atoms with van der Waals surface area (Å²) in [6.07, 6.45) is 8.45. The van der Waals surface area contributed by atoms with Gasteiger partial charge in [0.25, 0.3) is 0 Å². The molecule has 2 saturated carbocycles. The molecule has 1 N–H and O–H groups in total. The number of carbonyl (C=O) groups is 1. The third-order valence-corrected chi connectivity index (χ3v) is 7.36. The number of rotatable bonds is 1. The van der Waals surface area contributed by atoms with E-state index in [1.165, 1.54) is 5.57 Å². The molecule has 0 amide bonds. The summed E-state index contributed by atoms with van der Waals surface area (Å²) in [5, 5.41) is 10.7. The summed E-state index contributed by atoms with van der Waals surface area (Å²) in [6, 6.07) is 0. The van der Waals surface area contributed by atoms with Gasteiger partial charge in [0.2, 0.25) is 0 Å². The molecule has 5 atom stereocenters. The van der Waals surface area contributed by atoms with Crippen LogP contribution in [0, 0.1) is 28.1 Å². The van der Waals surface area contributed by atoms with Crippen molar-refractivity contribution < 1.29 is 9.90 Å². The second kappa shape index (κ2) is 4.80. The first-order valence-electron chi connectivity index (χ1n) is 8.72. The van der Waals surface area contributed by atoms with Crippen LogP contribution in [0.4, 0.5) is 0 Å². The number of hydrogen-bond donors (Lipinski definition) is 1. The molecule has 0 bridgehead atoms. The Hall–Kier alpha value is -0.890. The number of allylic oxidation sites excluding steroid dienone is 1. The zero-order valence-electron chi connectivity index (χ0n) is 14.5. The fraction of sp³-hybridized carbons (Fsp3) is 0.750. The van der Waals surface area contributed by atoms with Crippen molar-refractivity contribution in [2.45, 2.75) is 65.9 Å². The number of aliphatic hydroxyl groups is 1. The molecule has 2 nitrogen and oxygen atoms in total. The van der Waals surface area contributed by atoms with Crippen molar-refractivity contribution in [2.75, 3.05) is 0 Å². The van der Waals surface area contributed by atoms with Crippen LogP contribution in [-0.2, 0) is 4.79 Å². The van der Waals surface area contributed by atoms with Crippen LogP contribution < -0.4 is 0 Å². The highest BCUT2D eigenvalue weighted by molar-refractivity contribution is 5.85. The van der Waals surface area contributed by atoms with Crippen LogP contribution in [0.1, 0.15) is 59.8 Å². The van der Waals surface area contributed by atoms with Crippen LogP contribution >= 0.6 is 0 Å². The molecule has 0 aromatic carbocycles. The first kappa shape index (κ1) is 16.0. The Morgan fingerprint density at radius 1 is 1.27 bits per heavy atom. The molecule has 3 aliphatic carbocycles. The van der Waals surface area contributed by atoms with Crippen LogP contribution in [0.25, 0.3) is 0 Å². The molecule has 122 valence electrons. The van der Waals surface area contributed by atoms with Gasteiger partial charge in [0.05, 0.1) is 6.10 Å². The highest BCUT2D eigenvalue weighted by Gasteiger charge is 2.58. The smallest absolute Gasteiger partial charge is 0.138 e. The molecule has 0 aromatic rings. The summed E-state index contributed by atoms with van der Waals surface area (Å²) in [5.74, 6) is 1.28. The molecule has 2 fully saturated rings. The van der Waals surface area contributed by atoms with E-state index in [2.05, 4.69) is 40.3 Å². The van der Waals surface area contributed by atoms with Crippen LogP contribution in [0.5, 0.6) is 0 Å². The van der Waals surface area contributed by atoms with E-state index < -0.39 is 0 Å². The molecular formula is C20H30O2. The molecule has 0 saturated heterocycles. The van der Waals surface area contributed by atoms with Crippen molar-refractivity contribution in [3.8, 4) is 0 Å². The van der Waals surface area contributed by atoms with Crippen molar-refractivity contribution in [1.29, 1.82) is 0 Å². The van der Waals surface area contributed by atoms with Crippen molar-refractivity contribution in [2.24, 2.45) is 28.1 Å². The van der Waals surface area contributed by atoms with E-state index in [9.17, 15) is 9.90 Å². The first-order valence-corrected chi connectivity index (χ1v) is 8.72. The van der Waals surface area contributed by atoms with E-state index in [-0.39, 0.29) is 22.3 Å². The monoisotopic (exact) mass is 302 g/mol. The van der Waals surface area contributed by atoms with Gasteiger partial charge in [0.1, 0.15) is 5.78 Å². The number of ketones is 1. The molecule has 0 radical (unpaired) electrons. The van der Waals surface area contributed by atoms with E-state index in [0.717, 1.165) is 25.7 Å². The van der Waals surface area contributed by atoms with Gasteiger partial charge in [-0.2, -0.15) is 0 Å². The van der Waals surface area contributed by atoms with Gasteiger partial charge in [-0.05, 0) is 42.9 Å². The highest BCUT2D eigenvalue weighted by atomic mass is 16.3. The minimum Gasteiger partial charge on any atom is -0.392 e. The zero-order valence-corrected chi connectivity index (χ0v) is 14.5. The SMILES string of the molecule is C=C[C@]1(C)C=C2CC[C@@H]3C(C)(C)C(=O)CC[C@@]3(C)[C@@H]2C[C@H]1O. The minimum atomic E-state index is -0.366. The lowest BCUT2D eigenvalue weighted by Gasteiger charge is -2.59. The summed E-state index contributed by atoms with van der Waals surface area (Å²) >= 11 is 0. The normalized spacial score (nSPS) is 47.2. The highest BCUT2D eigenvalue weighted by Crippen LogP contribution is 2.62. The topological polar surface area (TPSA) is 37.3 Å². The maximum atomic E-state index is 12.4. The lowest BCUT2D eigenvalue weighted by molar-refractivity contribution is -0.146. The third kappa shape index (κ3) is 1.99. The predicted molar refractivity (Wildman–Crippen MR) is 89.4 cm³/mol. The van der Waals surface area contributed by atoms with E-state index >= 15 is 0 Å². The summed E-state index contributed by atoms with van der Waals surface area (Å²) in [5.41, 5.74) is 1.12. The van der Waals surface area contributed by atoms with Gasteiger partial charge >= 0.3 is 0 Å². The van der Waals surface area contributed by atoms with Crippen molar-refractivity contribution in [3.63, 3.8) is 0 Å². The fourth-order valence-corrected chi connectivity index (χ4v) is 5.68. The van der Waals surface area contributed by atoms with E-state index in [4.69, 9.17) is 0 Å². The van der Waals surface area contributed by atoms with Crippen molar-refractivity contribution >= 4 is 5.78 Å². The van der Waals surface area contributed by atoms with E-state index in [1.54, 1.807) is 0 Å². The summed E-state index contributed by atoms with van der Waals surface area (Å²) in [4.78, 5) is 12.4. The molecule has 0 aromatic heterocycles. The molecule has 0 aliphatic heterocycles. The lowest BCUT2D eigenvalue weighted by Crippen LogP contribution is -2.55. The number of hydrogen-bond acceptors (Lipinski definition) is 2. The van der Waals surface area contributed by atoms with E-state index in [0.29, 0.717) is 24.0 Å². The van der Waals surface area contributed by atoms with Gasteiger partial charge in [-0.15, -0.1) is 6.58 Å². The summed E-state index contributed by atoms with van der Waals surface area (Å²) < 4.78 is 0. The van der Waals surface area contributed by atoms with Gasteiger partial charge in [-0.1, -0.05) is 45.4 Å². The average Bonchev–Trinajstić information content (AvgIpc) is 2.46. The third-order valence-electron chi connectivity index (χ3n) is 7.36. The van der Waals surface area contributed by atoms with Gasteiger partial charge in [0.15, 0.2) is 0 Å². The molecular weight excluding hydrogens is 272 g/mol. The van der Waals surface area contributed by atoms with E-state index in [1.807, 2.05) is 6.08 Å². The number of Topliss-reactive ketones (excluding diaryl/α,β-unsaturated/α-hetero) is 1. The molecule has 0 unspecified atom stereocenters. The predicted octanol–water partition coefficient (Wildman–Crippen LogP) is 4.29. The first-order chi connectivity index (χ1) is 10.1. The number of aliphatic hydroxyl groups excluding tert-OH is 1. The van der Waals surface area contributed by atoms with Crippen LogP contribution in [0.2, 0.25) is 0 Å². The number of carbonyl (C=O) groups excluding carboxylic acids is 1. The van der Waals surface area contributed by atoms with Crippen LogP contribution in [-0.4, -0.2) is 17.0 Å². The lowest BCUT2D eigenvalue weighted by atomic mass is 9.45. The molecule has 22 heavy (non-hydrogen) atoms. The standard InChI is InChI=1S/C20H30O2/c1-6-19(4)12-13-7-8-15-18(2,3)16(21)9-10-20(15,5)14(13)11-17(19)22/h6,12,14-15,17,22H,1,7-11H2,2-5H3/t14-,15-,17-,19-,20+/m1/s1. The Morgan fingerprint density at radius 2 is 1.95 bits per heavy atom. The molecule has 0 heterocycles. The Balaban J connectivity index is 2.02. The fourth-order valence-electron chi connectivity index (χ4n) is 5.68. The maximum absolute atomic E-state index is 12.4. The Morgan fingerprint density at radius 3 is 2.59 bits per heavy atom. The zero-order chi connectivity index (χ0) is 16.3. The largest absolute Gasteiger partial charge is 0.392 e. The Labute approximate surface area is 134 Å². The summed E-state index contributed by atoms with van der Waals surface area (Å²) in [7, 11) is 0. The van der Waals surface area contributed by atoms with Gasteiger partial charge in [-0.3, -0.25) is 4.79 Å². The number of fused-ring (bicyclic) bond motifs is 3. The molecule has 0 spiro atoms. The summed E-state index contributed by atoms with van der Waals surface area (Å²) in [6.45, 7) is 12.7. The Kier molecular flexibility index (Phi) is 3.49. The molecule has 3 rings (SSSR count). The van der Waals surface area contributed by atoms with Crippen molar-refractivity contribution in [3.05, 3.63) is 24.3 Å². The molecule has 2 heteroatoms. The van der Waals surface area contributed by atoms with Crippen LogP contribution in [0.15, 0.2) is 24.3 Å². The van der Waals surface area contributed by atoms with Gasteiger partial charge in [-0.25, -0.2) is 0 Å². The van der Waals surface area contributed by atoms with Gasteiger partial charge < -0.3 is 5.11 Å². The maximum Gasteiger partial charge on any atom is 0.138 e. The molecule has 3 aliphatic rings. The quantitative estimate of drug-likeness (QED) is 0.734. The second-order valence-corrected chi connectivity index (χ2v) is 8.84. The second-order valence-electron chi connectivity index (χ2n) is 8.84. The van der Waals surface area contributed by atoms with Gasteiger partial charge in [0, 0.05) is 17.3 Å². The van der Waals surface area contributed by atoms with Crippen LogP contribution in [0.3, 0.4) is 0 Å². The minimum absolute atomic E-state index is 0.144. The van der Waals surface area contributed by atoms with Crippen molar-refractivity contribution in [1.82, 2.24) is 0 Å². The average molecular weight is 302 g/mol.